The van der Waals surface area contributed by atoms with Gasteiger partial charge in [0.1, 0.15) is 5.75 Å². The number of alkyl halides is 1. The molecular weight excluding hydrogens is 283 g/mol. The fourth-order valence-corrected chi connectivity index (χ4v) is 2.36. The average Bonchev–Trinajstić information content (AvgIpc) is 2.35. The lowest BCUT2D eigenvalue weighted by atomic mass is 9.78. The third-order valence-electron chi connectivity index (χ3n) is 3.62. The number of rotatable bonds is 4. The molecule has 1 N–H and O–H groups in total. The number of phenolic OH excluding ortho intramolecular Hbond substituents is 1. The number of hydrogen-bond donors (Lipinski definition) is 1. The number of hydrogen-bond acceptors (Lipinski definition) is 3. The highest BCUT2D eigenvalue weighted by atomic mass is 19.1. The maximum Gasteiger partial charge on any atom is 0.308 e. The van der Waals surface area contributed by atoms with Crippen molar-refractivity contribution in [3.63, 3.8) is 0 Å². The van der Waals surface area contributed by atoms with Gasteiger partial charge in [0, 0.05) is 6.42 Å². The number of carbonyl (C=O) groups excluding carboxylic acids is 1. The Labute approximate surface area is 132 Å². The van der Waals surface area contributed by atoms with Gasteiger partial charge >= 0.3 is 5.97 Å². The second-order valence-corrected chi connectivity index (χ2v) is 7.67. The van der Waals surface area contributed by atoms with Crippen molar-refractivity contribution < 1.29 is 19.0 Å². The van der Waals surface area contributed by atoms with Crippen molar-refractivity contribution >= 4 is 5.97 Å². The molecule has 124 valence electrons. The van der Waals surface area contributed by atoms with Gasteiger partial charge < -0.3 is 9.84 Å². The molecule has 1 rings (SSSR count). The second kappa shape index (κ2) is 6.67. The van der Waals surface area contributed by atoms with Crippen LogP contribution in [0.5, 0.6) is 5.75 Å². The molecule has 0 saturated carbocycles. The van der Waals surface area contributed by atoms with Crippen molar-refractivity contribution in [2.45, 2.75) is 65.2 Å². The molecule has 0 fully saturated rings. The number of aryl methyl sites for hydroxylation is 1. The summed E-state index contributed by atoms with van der Waals surface area (Å²) >= 11 is 0. The lowest BCUT2D eigenvalue weighted by Gasteiger charge is -2.28. The Bertz CT molecular complexity index is 501. The smallest absolute Gasteiger partial charge is 0.308 e. The largest absolute Gasteiger partial charge is 0.507 e. The minimum atomic E-state index is -1.09. The molecule has 0 radical (unpaired) electrons. The maximum atomic E-state index is 12.0. The fourth-order valence-electron chi connectivity index (χ4n) is 2.36. The van der Waals surface area contributed by atoms with Gasteiger partial charge in [-0.25, -0.2) is 4.39 Å². The third-order valence-corrected chi connectivity index (χ3v) is 3.62. The Morgan fingerprint density at radius 1 is 1.09 bits per heavy atom. The number of phenols is 1. The number of halogens is 1. The number of benzene rings is 1. The first-order valence-corrected chi connectivity index (χ1v) is 7.55. The van der Waals surface area contributed by atoms with Crippen LogP contribution in [0.4, 0.5) is 4.39 Å². The van der Waals surface area contributed by atoms with Gasteiger partial charge in [0.2, 0.25) is 6.86 Å². The molecule has 0 saturated heterocycles. The van der Waals surface area contributed by atoms with E-state index in [9.17, 15) is 14.3 Å². The van der Waals surface area contributed by atoms with Crippen LogP contribution in [0.25, 0.3) is 0 Å². The topological polar surface area (TPSA) is 46.5 Å². The molecule has 0 heterocycles. The Morgan fingerprint density at radius 3 is 1.91 bits per heavy atom. The monoisotopic (exact) mass is 310 g/mol. The van der Waals surface area contributed by atoms with Gasteiger partial charge in [0.05, 0.1) is 0 Å². The van der Waals surface area contributed by atoms with Crippen LogP contribution in [-0.4, -0.2) is 17.9 Å². The second-order valence-electron chi connectivity index (χ2n) is 7.67. The molecule has 0 spiro atoms. The molecule has 0 bridgehead atoms. The van der Waals surface area contributed by atoms with Crippen molar-refractivity contribution in [2.24, 2.45) is 0 Å². The minimum absolute atomic E-state index is 0.127. The van der Waals surface area contributed by atoms with Gasteiger partial charge in [-0.2, -0.15) is 0 Å². The van der Waals surface area contributed by atoms with Crippen LogP contribution in [0.2, 0.25) is 0 Å². The summed E-state index contributed by atoms with van der Waals surface area (Å²) in [5, 5.41) is 10.6. The molecular formula is C18H27FO3. The van der Waals surface area contributed by atoms with Crippen LogP contribution in [0.1, 0.15) is 64.7 Å². The summed E-state index contributed by atoms with van der Waals surface area (Å²) in [5.41, 5.74) is 2.24. The Morgan fingerprint density at radius 2 is 1.55 bits per heavy atom. The van der Waals surface area contributed by atoms with Gasteiger partial charge in [0.25, 0.3) is 0 Å². The van der Waals surface area contributed by atoms with E-state index in [4.69, 9.17) is 0 Å². The molecule has 4 heteroatoms. The van der Waals surface area contributed by atoms with E-state index in [0.29, 0.717) is 12.2 Å². The highest BCUT2D eigenvalue weighted by Gasteiger charge is 2.26. The first-order valence-electron chi connectivity index (χ1n) is 7.55. The van der Waals surface area contributed by atoms with E-state index in [1.807, 2.05) is 53.7 Å². The first kappa shape index (κ1) is 18.5. The molecule has 1 aromatic rings. The summed E-state index contributed by atoms with van der Waals surface area (Å²) in [7, 11) is 0. The Balaban J connectivity index is 3.21. The van der Waals surface area contributed by atoms with Crippen molar-refractivity contribution in [3.05, 3.63) is 28.8 Å². The van der Waals surface area contributed by atoms with Gasteiger partial charge in [-0.3, -0.25) is 4.79 Å². The van der Waals surface area contributed by atoms with Crippen LogP contribution in [0.15, 0.2) is 12.1 Å². The van der Waals surface area contributed by atoms with Crippen LogP contribution in [0.3, 0.4) is 0 Å². The van der Waals surface area contributed by atoms with Gasteiger partial charge in [-0.15, -0.1) is 0 Å². The van der Waals surface area contributed by atoms with E-state index < -0.39 is 12.8 Å². The first-order chi connectivity index (χ1) is 9.96. The molecule has 0 aromatic heterocycles. The Hall–Kier alpha value is -1.58. The molecule has 0 atom stereocenters. The molecule has 0 aliphatic carbocycles. The quantitative estimate of drug-likeness (QED) is 0.839. The minimum Gasteiger partial charge on any atom is -0.507 e. The van der Waals surface area contributed by atoms with Gasteiger partial charge in [0.15, 0.2) is 0 Å². The van der Waals surface area contributed by atoms with E-state index >= 15 is 0 Å². The zero-order valence-corrected chi connectivity index (χ0v) is 14.4. The lowest BCUT2D eigenvalue weighted by Crippen LogP contribution is -2.18. The summed E-state index contributed by atoms with van der Waals surface area (Å²) in [6, 6.07) is 3.85. The fraction of sp³-hybridized carbons (Fsp3) is 0.611. The predicted octanol–water partition coefficient (Wildman–Crippen LogP) is 4.39. The summed E-state index contributed by atoms with van der Waals surface area (Å²) in [4.78, 5) is 11.3. The number of carbonyl (C=O) groups is 1. The molecule has 0 aliphatic heterocycles. The third kappa shape index (κ3) is 4.72. The van der Waals surface area contributed by atoms with Gasteiger partial charge in [-0.05, 0) is 33.9 Å². The van der Waals surface area contributed by atoms with Crippen LogP contribution < -0.4 is 0 Å². The zero-order valence-electron chi connectivity index (χ0n) is 14.4. The summed E-state index contributed by atoms with van der Waals surface area (Å²) in [5.74, 6) is -0.236. The van der Waals surface area contributed by atoms with E-state index in [1.54, 1.807) is 0 Å². The van der Waals surface area contributed by atoms with E-state index in [1.165, 1.54) is 0 Å². The van der Waals surface area contributed by atoms with Crippen LogP contribution >= 0.6 is 0 Å². The Kier molecular flexibility index (Phi) is 5.60. The molecule has 1 aromatic carbocycles. The summed E-state index contributed by atoms with van der Waals surface area (Å²) in [6.45, 7) is 11.1. The normalized spacial score (nSPS) is 12.3. The molecule has 0 aliphatic rings. The number of esters is 1. The summed E-state index contributed by atoms with van der Waals surface area (Å²) in [6.07, 6.45) is 0.590. The lowest BCUT2D eigenvalue weighted by molar-refractivity contribution is -0.147. The summed E-state index contributed by atoms with van der Waals surface area (Å²) < 4.78 is 16.3. The molecule has 22 heavy (non-hydrogen) atoms. The molecule has 0 amide bonds. The maximum absolute atomic E-state index is 12.0. The van der Waals surface area contributed by atoms with E-state index in [0.717, 1.165) is 16.7 Å². The molecule has 3 nitrogen and oxygen atoms in total. The van der Waals surface area contributed by atoms with Crippen molar-refractivity contribution in [2.75, 3.05) is 6.86 Å². The van der Waals surface area contributed by atoms with Gasteiger partial charge in [-0.1, -0.05) is 53.7 Å². The van der Waals surface area contributed by atoms with Crippen molar-refractivity contribution in [3.8, 4) is 5.75 Å². The SMILES string of the molecule is CC(C)(C)c1cc(CCC(=O)OCF)cc(C(C)(C)C)c1O. The van der Waals surface area contributed by atoms with Crippen LogP contribution in [-0.2, 0) is 26.8 Å². The highest BCUT2D eigenvalue weighted by Crippen LogP contribution is 2.39. The zero-order chi connectivity index (χ0) is 17.1. The van der Waals surface area contributed by atoms with E-state index in [2.05, 4.69) is 4.74 Å². The average molecular weight is 310 g/mol. The standard InChI is InChI=1S/C18H27FO3/c1-17(2,3)13-9-12(7-8-15(20)22-11-19)10-14(16(13)21)18(4,5)6/h9-10,21H,7-8,11H2,1-6H3. The highest BCUT2D eigenvalue weighted by molar-refractivity contribution is 5.69. The van der Waals surface area contributed by atoms with E-state index in [-0.39, 0.29) is 17.3 Å². The predicted molar refractivity (Wildman–Crippen MR) is 85.9 cm³/mol. The van der Waals surface area contributed by atoms with Crippen LogP contribution in [0, 0.1) is 0 Å². The van der Waals surface area contributed by atoms with Crippen molar-refractivity contribution in [1.29, 1.82) is 0 Å². The molecule has 0 unspecified atom stereocenters. The number of aromatic hydroxyl groups is 1. The van der Waals surface area contributed by atoms with Crippen molar-refractivity contribution in [1.82, 2.24) is 0 Å². The number of ether oxygens (including phenoxy) is 1.